The molecule has 2 saturated heterocycles. The predicted molar refractivity (Wildman–Crippen MR) is 70.1 cm³/mol. The summed E-state index contributed by atoms with van der Waals surface area (Å²) in [5.41, 5.74) is -0.775. The first-order valence-electron chi connectivity index (χ1n) is 6.69. The first kappa shape index (κ1) is 12.5. The van der Waals surface area contributed by atoms with E-state index >= 15 is 0 Å². The van der Waals surface area contributed by atoms with Gasteiger partial charge in [0.15, 0.2) is 0 Å². The lowest BCUT2D eigenvalue weighted by atomic mass is 9.77. The molecule has 0 saturated carbocycles. The van der Waals surface area contributed by atoms with Gasteiger partial charge in [0.25, 0.3) is 0 Å². The van der Waals surface area contributed by atoms with Crippen molar-refractivity contribution in [3.63, 3.8) is 0 Å². The van der Waals surface area contributed by atoms with Gasteiger partial charge < -0.3 is 14.7 Å². The van der Waals surface area contributed by atoms with Crippen molar-refractivity contribution in [2.75, 3.05) is 11.4 Å². The largest absolute Gasteiger partial charge is 0.481 e. The first-order valence-corrected chi connectivity index (χ1v) is 6.69. The topological polar surface area (TPSA) is 66.8 Å². The van der Waals surface area contributed by atoms with Crippen molar-refractivity contribution in [3.05, 3.63) is 42.2 Å². The Morgan fingerprint density at radius 3 is 2.90 bits per heavy atom. The summed E-state index contributed by atoms with van der Waals surface area (Å²) in [5, 5.41) is 9.35. The van der Waals surface area contributed by atoms with Gasteiger partial charge in [-0.15, -0.1) is 0 Å². The predicted octanol–water partition coefficient (Wildman–Crippen LogP) is 1.20. The van der Waals surface area contributed by atoms with Crippen LogP contribution < -0.4 is 4.90 Å². The molecule has 0 aromatic heterocycles. The number of carbonyl (C=O) groups excluding carboxylic acids is 1. The number of para-hydroxylation sites is 1. The fourth-order valence-corrected chi connectivity index (χ4v) is 3.65. The van der Waals surface area contributed by atoms with Crippen molar-refractivity contribution < 1.29 is 23.8 Å². The van der Waals surface area contributed by atoms with Crippen LogP contribution in [0.15, 0.2) is 36.4 Å². The molecule has 1 N–H and O–H groups in total. The van der Waals surface area contributed by atoms with Crippen LogP contribution in [0.3, 0.4) is 0 Å². The molecule has 4 rings (SSSR count). The molecule has 0 radical (unpaired) electrons. The SMILES string of the molecule is O=C(O)[C@H]1[C@H]2C(=O)N(c3ccccc3F)C[C@@]23C=C[C@H]1O3. The minimum absolute atomic E-state index is 0.147. The monoisotopic (exact) mass is 289 g/mol. The molecule has 1 spiro atoms. The van der Waals surface area contributed by atoms with Crippen molar-refractivity contribution in [2.45, 2.75) is 11.7 Å². The van der Waals surface area contributed by atoms with Crippen LogP contribution in [0, 0.1) is 17.7 Å². The molecule has 0 aliphatic carbocycles. The maximum atomic E-state index is 13.9. The fourth-order valence-electron chi connectivity index (χ4n) is 3.65. The van der Waals surface area contributed by atoms with Gasteiger partial charge in [-0.05, 0) is 12.1 Å². The van der Waals surface area contributed by atoms with Gasteiger partial charge in [-0.2, -0.15) is 0 Å². The average molecular weight is 289 g/mol. The van der Waals surface area contributed by atoms with E-state index in [1.807, 2.05) is 0 Å². The molecule has 5 nitrogen and oxygen atoms in total. The molecule has 1 aromatic carbocycles. The van der Waals surface area contributed by atoms with Gasteiger partial charge in [0.05, 0.1) is 24.3 Å². The van der Waals surface area contributed by atoms with Crippen molar-refractivity contribution in [2.24, 2.45) is 11.8 Å². The van der Waals surface area contributed by atoms with Crippen LogP contribution in [0.4, 0.5) is 10.1 Å². The second kappa shape index (κ2) is 3.92. The minimum atomic E-state index is -1.06. The molecule has 108 valence electrons. The van der Waals surface area contributed by atoms with Crippen LogP contribution in [0.25, 0.3) is 0 Å². The molecular weight excluding hydrogens is 277 g/mol. The number of hydrogen-bond acceptors (Lipinski definition) is 3. The third kappa shape index (κ3) is 1.48. The number of anilines is 1. The number of carboxylic acids is 1. The smallest absolute Gasteiger partial charge is 0.310 e. The van der Waals surface area contributed by atoms with Gasteiger partial charge in [0, 0.05) is 0 Å². The van der Waals surface area contributed by atoms with Crippen LogP contribution in [0.2, 0.25) is 0 Å². The molecule has 3 aliphatic rings. The van der Waals surface area contributed by atoms with E-state index in [0.717, 1.165) is 0 Å². The lowest BCUT2D eigenvalue weighted by Gasteiger charge is -2.21. The number of ether oxygens (including phenoxy) is 1. The number of carbonyl (C=O) groups is 2. The highest BCUT2D eigenvalue weighted by atomic mass is 19.1. The normalized spacial score (nSPS) is 36.3. The number of benzene rings is 1. The Morgan fingerprint density at radius 2 is 2.19 bits per heavy atom. The zero-order chi connectivity index (χ0) is 14.8. The van der Waals surface area contributed by atoms with Crippen LogP contribution >= 0.6 is 0 Å². The van der Waals surface area contributed by atoms with E-state index in [0.29, 0.717) is 0 Å². The summed E-state index contributed by atoms with van der Waals surface area (Å²) in [5.74, 6) is -3.64. The summed E-state index contributed by atoms with van der Waals surface area (Å²) in [6.07, 6.45) is 2.87. The molecule has 3 heterocycles. The van der Waals surface area contributed by atoms with Crippen LogP contribution in [0.5, 0.6) is 0 Å². The maximum Gasteiger partial charge on any atom is 0.310 e. The van der Waals surface area contributed by atoms with E-state index in [4.69, 9.17) is 4.74 Å². The van der Waals surface area contributed by atoms with Gasteiger partial charge >= 0.3 is 5.97 Å². The van der Waals surface area contributed by atoms with E-state index in [1.165, 1.54) is 17.0 Å². The highest BCUT2D eigenvalue weighted by Gasteiger charge is 2.67. The summed E-state index contributed by atoms with van der Waals surface area (Å²) < 4.78 is 19.7. The number of fused-ring (bicyclic) bond motifs is 1. The van der Waals surface area contributed by atoms with Crippen LogP contribution in [0.1, 0.15) is 0 Å². The summed E-state index contributed by atoms with van der Waals surface area (Å²) in [4.78, 5) is 25.3. The van der Waals surface area contributed by atoms with Gasteiger partial charge in [0.1, 0.15) is 17.3 Å². The fraction of sp³-hybridized carbons (Fsp3) is 0.333. The maximum absolute atomic E-state index is 13.9. The van der Waals surface area contributed by atoms with E-state index < -0.39 is 35.3 Å². The van der Waals surface area contributed by atoms with Gasteiger partial charge in [0.2, 0.25) is 5.91 Å². The minimum Gasteiger partial charge on any atom is -0.481 e. The second-order valence-electron chi connectivity index (χ2n) is 5.61. The lowest BCUT2D eigenvalue weighted by molar-refractivity contribution is -0.146. The molecule has 2 bridgehead atoms. The van der Waals surface area contributed by atoms with Gasteiger partial charge in [-0.25, -0.2) is 4.39 Å². The Bertz CT molecular complexity index is 688. The zero-order valence-corrected chi connectivity index (χ0v) is 10.9. The Kier molecular flexibility index (Phi) is 2.34. The number of hydrogen-bond donors (Lipinski definition) is 1. The van der Waals surface area contributed by atoms with Crippen molar-refractivity contribution in [1.82, 2.24) is 0 Å². The molecule has 1 amide bonds. The highest BCUT2D eigenvalue weighted by molar-refractivity contribution is 6.02. The van der Waals surface area contributed by atoms with Crippen molar-refractivity contribution in [3.8, 4) is 0 Å². The number of aliphatic carboxylic acids is 1. The first-order chi connectivity index (χ1) is 10.0. The summed E-state index contributed by atoms with van der Waals surface area (Å²) >= 11 is 0. The molecule has 21 heavy (non-hydrogen) atoms. The highest BCUT2D eigenvalue weighted by Crippen LogP contribution is 2.52. The van der Waals surface area contributed by atoms with Crippen LogP contribution in [-0.2, 0) is 14.3 Å². The third-order valence-electron chi connectivity index (χ3n) is 4.53. The number of carboxylic acid groups (broad SMARTS) is 1. The van der Waals surface area contributed by atoms with Crippen LogP contribution in [-0.4, -0.2) is 35.2 Å². The van der Waals surface area contributed by atoms with Gasteiger partial charge in [-0.1, -0.05) is 24.3 Å². The van der Waals surface area contributed by atoms with Crippen molar-refractivity contribution >= 4 is 17.6 Å². The lowest BCUT2D eigenvalue weighted by Crippen LogP contribution is -2.39. The number of halogens is 1. The van der Waals surface area contributed by atoms with E-state index in [-0.39, 0.29) is 18.1 Å². The van der Waals surface area contributed by atoms with E-state index in [9.17, 15) is 19.1 Å². The Balaban J connectivity index is 1.78. The summed E-state index contributed by atoms with van der Waals surface area (Å²) in [7, 11) is 0. The van der Waals surface area contributed by atoms with Gasteiger partial charge in [-0.3, -0.25) is 9.59 Å². The second-order valence-corrected chi connectivity index (χ2v) is 5.61. The van der Waals surface area contributed by atoms with E-state index in [2.05, 4.69) is 0 Å². The Hall–Kier alpha value is -2.21. The molecule has 6 heteroatoms. The Morgan fingerprint density at radius 1 is 1.43 bits per heavy atom. The molecule has 0 unspecified atom stereocenters. The third-order valence-corrected chi connectivity index (χ3v) is 4.53. The summed E-state index contributed by atoms with van der Waals surface area (Å²) in [6, 6.07) is 5.97. The molecule has 3 aliphatic heterocycles. The molecular formula is C15H12FNO4. The standard InChI is InChI=1S/C15H12FNO4/c16-8-3-1-2-4-9(8)17-7-15-6-5-10(21-15)11(14(19)20)12(15)13(17)18/h1-6,10-12H,7H2,(H,19,20)/t10-,11-,12+,15+/m1/s1. The molecule has 4 atom stereocenters. The molecule has 2 fully saturated rings. The average Bonchev–Trinajstić information content (AvgIpc) is 3.08. The number of amides is 1. The number of rotatable bonds is 2. The summed E-state index contributed by atoms with van der Waals surface area (Å²) in [6.45, 7) is 0.147. The van der Waals surface area contributed by atoms with E-state index in [1.54, 1.807) is 24.3 Å². The quantitative estimate of drug-likeness (QED) is 0.831. The van der Waals surface area contributed by atoms with Crippen molar-refractivity contribution in [1.29, 1.82) is 0 Å². The molecule has 1 aromatic rings. The zero-order valence-electron chi connectivity index (χ0n) is 10.9. The number of nitrogens with zero attached hydrogens (tertiary/aromatic N) is 1. The Labute approximate surface area is 119 Å².